The van der Waals surface area contributed by atoms with Crippen LogP contribution < -0.4 is 25.0 Å². The number of nitrogens with one attached hydrogen (secondary N) is 2. The summed E-state index contributed by atoms with van der Waals surface area (Å²) in [6.07, 6.45) is 5.70. The second kappa shape index (κ2) is 20.0. The summed E-state index contributed by atoms with van der Waals surface area (Å²) in [5.74, 6) is 0.723. The lowest BCUT2D eigenvalue weighted by atomic mass is 9.49. The Morgan fingerprint density at radius 1 is 0.903 bits per heavy atom. The van der Waals surface area contributed by atoms with Crippen molar-refractivity contribution in [2.24, 2.45) is 16.7 Å². The molecule has 2 saturated heterocycles. The third-order valence-electron chi connectivity index (χ3n) is 14.4. The summed E-state index contributed by atoms with van der Waals surface area (Å²) in [5.41, 5.74) is 6.36. The molecule has 0 bridgehead atoms. The van der Waals surface area contributed by atoms with Gasteiger partial charge in [-0.1, -0.05) is 77.4 Å². The summed E-state index contributed by atoms with van der Waals surface area (Å²) in [6, 6.07) is 20.3. The van der Waals surface area contributed by atoms with Crippen LogP contribution in [-0.2, 0) is 9.59 Å². The van der Waals surface area contributed by atoms with Gasteiger partial charge in [0.05, 0.1) is 63.7 Å². The molecule has 18 heteroatoms. The number of ether oxygens (including phenoxy) is 2. The molecule has 3 N–H and O–H groups in total. The van der Waals surface area contributed by atoms with Crippen molar-refractivity contribution in [2.75, 3.05) is 24.5 Å². The largest absolute Gasteiger partial charge is 0.489 e. The Bertz CT molecular complexity index is 3000. The second-order valence-electron chi connectivity index (χ2n) is 20.6. The van der Waals surface area contributed by atoms with Crippen LogP contribution in [0.2, 0.25) is 5.02 Å². The van der Waals surface area contributed by atoms with Crippen LogP contribution in [0, 0.1) is 35.0 Å². The second-order valence-corrected chi connectivity index (χ2v) is 21.9. The molecular formula is C54H59ClN10O6S. The summed E-state index contributed by atoms with van der Waals surface area (Å²) < 4.78 is 14.3. The number of carbonyl (C=O) groups is 3. The van der Waals surface area contributed by atoms with Crippen molar-refractivity contribution < 1.29 is 29.0 Å². The summed E-state index contributed by atoms with van der Waals surface area (Å²) in [4.78, 5) is 59.8. The van der Waals surface area contributed by atoms with Gasteiger partial charge in [0.25, 0.3) is 5.91 Å². The van der Waals surface area contributed by atoms with Gasteiger partial charge in [0.2, 0.25) is 17.7 Å². The fourth-order valence-electron chi connectivity index (χ4n) is 10.8. The molecule has 3 amide bonds. The third-order valence-corrected chi connectivity index (χ3v) is 15.7. The van der Waals surface area contributed by atoms with Gasteiger partial charge in [-0.2, -0.15) is 10.4 Å². The molecule has 2 aliphatic heterocycles. The van der Waals surface area contributed by atoms with E-state index in [1.54, 1.807) is 58.9 Å². The first-order chi connectivity index (χ1) is 34.3. The van der Waals surface area contributed by atoms with Gasteiger partial charge in [0, 0.05) is 66.1 Å². The van der Waals surface area contributed by atoms with Crippen LogP contribution in [0.1, 0.15) is 94.1 Å². The number of aliphatic hydroxyl groups excluding tert-OH is 1. The topological polar surface area (TPSA) is 201 Å². The normalized spacial score (nSPS) is 21.0. The maximum Gasteiger partial charge on any atom is 0.253 e. The van der Waals surface area contributed by atoms with E-state index in [4.69, 9.17) is 21.1 Å². The Balaban J connectivity index is 0.776. The average molecular weight is 1010 g/mol. The van der Waals surface area contributed by atoms with Gasteiger partial charge in [-0.05, 0) is 66.8 Å². The van der Waals surface area contributed by atoms with Crippen molar-refractivity contribution in [1.29, 1.82) is 5.26 Å². The fourth-order valence-corrected chi connectivity index (χ4v) is 11.8. The number of anilines is 1. The minimum Gasteiger partial charge on any atom is -0.489 e. The van der Waals surface area contributed by atoms with E-state index in [9.17, 15) is 24.8 Å². The van der Waals surface area contributed by atoms with E-state index < -0.39 is 29.0 Å². The van der Waals surface area contributed by atoms with Crippen LogP contribution in [0.25, 0.3) is 21.6 Å². The predicted molar refractivity (Wildman–Crippen MR) is 275 cm³/mol. The van der Waals surface area contributed by atoms with Crippen molar-refractivity contribution in [3.05, 3.63) is 124 Å². The van der Waals surface area contributed by atoms with E-state index in [1.807, 2.05) is 81.9 Å². The SMILES string of the molecule is Cc1ncsc1-c1ccc(C(C)NC(=O)[C@@H]2C[C@@H](O)CN2C(=O)C(C(C)C)n2cc(-c3ccnc(OC4CN(c5ccc(C(=O)N[C@H]6C(C)(C)[C@H](Oc7ccc(C#N)c(Cl)c7)C6(C)C)cn5)C4)c3)cn2)cc1. The molecule has 4 aromatic heterocycles. The lowest BCUT2D eigenvalue weighted by Crippen LogP contribution is -2.74. The number of nitriles is 1. The van der Waals surface area contributed by atoms with Crippen molar-refractivity contribution >= 4 is 46.5 Å². The minimum absolute atomic E-state index is 0.0453. The van der Waals surface area contributed by atoms with Crippen LogP contribution in [0.4, 0.5) is 5.82 Å². The lowest BCUT2D eigenvalue weighted by molar-refractivity contribution is -0.164. The molecular weight excluding hydrogens is 952 g/mol. The molecule has 9 rings (SSSR count). The third kappa shape index (κ3) is 9.87. The van der Waals surface area contributed by atoms with E-state index in [0.29, 0.717) is 40.9 Å². The van der Waals surface area contributed by atoms with E-state index in [0.717, 1.165) is 38.6 Å². The molecule has 2 aromatic carbocycles. The number of aryl methyl sites for hydroxylation is 1. The number of benzene rings is 2. The van der Waals surface area contributed by atoms with E-state index in [2.05, 4.69) is 69.3 Å². The summed E-state index contributed by atoms with van der Waals surface area (Å²) >= 11 is 7.85. The molecule has 2 unspecified atom stereocenters. The number of β-amino-alcohol motifs (C(OH)–C–C–N with tert-alkyl or cyclic N) is 1. The van der Waals surface area contributed by atoms with Gasteiger partial charge in [0.1, 0.15) is 41.9 Å². The number of aromatic nitrogens is 5. The molecule has 3 fully saturated rings. The highest BCUT2D eigenvalue weighted by atomic mass is 35.5. The van der Waals surface area contributed by atoms with Gasteiger partial charge in [-0.15, -0.1) is 11.3 Å². The number of nitrogens with zero attached hydrogens (tertiary/aromatic N) is 8. The average Bonchev–Trinajstić information content (AvgIpc) is 4.11. The number of rotatable bonds is 15. The number of likely N-dealkylation sites (tertiary alicyclic amines) is 1. The molecule has 4 atom stereocenters. The summed E-state index contributed by atoms with van der Waals surface area (Å²) in [5, 5.41) is 31.3. The zero-order chi connectivity index (χ0) is 51.2. The number of halogens is 1. The Morgan fingerprint density at radius 2 is 1.65 bits per heavy atom. The first-order valence-corrected chi connectivity index (χ1v) is 25.4. The van der Waals surface area contributed by atoms with E-state index in [-0.39, 0.29) is 60.9 Å². The van der Waals surface area contributed by atoms with Gasteiger partial charge >= 0.3 is 0 Å². The molecule has 72 heavy (non-hydrogen) atoms. The number of pyridine rings is 2. The van der Waals surface area contributed by atoms with Crippen LogP contribution >= 0.6 is 22.9 Å². The number of thiazole rings is 1. The molecule has 0 radical (unpaired) electrons. The fraction of sp³-hybridized carbons (Fsp3) is 0.407. The highest BCUT2D eigenvalue weighted by molar-refractivity contribution is 7.13. The van der Waals surface area contributed by atoms with E-state index in [1.165, 1.54) is 4.90 Å². The molecule has 374 valence electrons. The zero-order valence-electron chi connectivity index (χ0n) is 41.5. The predicted octanol–water partition coefficient (Wildman–Crippen LogP) is 8.21. The monoisotopic (exact) mass is 1010 g/mol. The first-order valence-electron chi connectivity index (χ1n) is 24.2. The summed E-state index contributed by atoms with van der Waals surface area (Å²) in [7, 11) is 0. The Labute approximate surface area is 428 Å². The molecule has 0 spiro atoms. The molecule has 3 aliphatic rings. The molecule has 1 saturated carbocycles. The Morgan fingerprint density at radius 3 is 2.31 bits per heavy atom. The number of hydrogen-bond acceptors (Lipinski definition) is 13. The number of carbonyl (C=O) groups excluding carboxylic acids is 3. The van der Waals surface area contributed by atoms with Crippen LogP contribution in [0.3, 0.4) is 0 Å². The smallest absolute Gasteiger partial charge is 0.253 e. The quantitative estimate of drug-likeness (QED) is 0.0892. The van der Waals surface area contributed by atoms with Crippen molar-refractivity contribution in [1.82, 2.24) is 40.3 Å². The Hall–Kier alpha value is -6.87. The maximum atomic E-state index is 14.4. The molecule has 1 aliphatic carbocycles. The number of amides is 3. The van der Waals surface area contributed by atoms with Crippen molar-refractivity contribution in [2.45, 2.75) is 104 Å². The highest BCUT2D eigenvalue weighted by Gasteiger charge is 2.64. The Kier molecular flexibility index (Phi) is 13.9. The molecule has 16 nitrogen and oxygen atoms in total. The van der Waals surface area contributed by atoms with Crippen LogP contribution in [0.15, 0.2) is 97.0 Å². The van der Waals surface area contributed by atoms with Crippen molar-refractivity contribution in [3.8, 4) is 39.3 Å². The standard InChI is InChI=1S/C54H59ClN10O6S/c1-30(2)46(50(69)64-26-39(66)20-43(64)49(68)61-31(3)33-9-11-34(12-10-33)47-32(4)59-29-72-47)65-25-38(24-60-65)35-17-18-57-45(19-35)70-41-27-63(28-41)44-16-14-37(23-58-44)48(67)62-51-53(5,6)52(54(51,7)8)71-40-15-13-36(22-56)42(55)21-40/h9-19,21,23-25,29-31,39,41,43,46,51-52,66H,20,26-28H2,1-8H3,(H,61,68)(H,62,67)/t31?,39-,43+,46?,51-,52-/m1/s1. The van der Waals surface area contributed by atoms with Gasteiger partial charge in [-0.25, -0.2) is 15.0 Å². The minimum atomic E-state index is -0.840. The van der Waals surface area contributed by atoms with Gasteiger partial charge < -0.3 is 35.0 Å². The lowest BCUT2D eigenvalue weighted by Gasteiger charge is -2.63. The van der Waals surface area contributed by atoms with Crippen LogP contribution in [-0.4, -0.2) is 102 Å². The number of aliphatic hydroxyl groups is 1. The van der Waals surface area contributed by atoms with Crippen LogP contribution in [0.5, 0.6) is 11.6 Å². The first kappa shape index (κ1) is 50.1. The molecule has 6 heterocycles. The van der Waals surface area contributed by atoms with E-state index >= 15 is 0 Å². The van der Waals surface area contributed by atoms with Gasteiger partial charge in [-0.3, -0.25) is 19.1 Å². The highest BCUT2D eigenvalue weighted by Crippen LogP contribution is 2.55. The molecule has 6 aromatic rings. The van der Waals surface area contributed by atoms with Crippen molar-refractivity contribution in [3.63, 3.8) is 0 Å². The zero-order valence-corrected chi connectivity index (χ0v) is 43.1. The maximum absolute atomic E-state index is 14.4. The van der Waals surface area contributed by atoms with Gasteiger partial charge in [0.15, 0.2) is 0 Å². The summed E-state index contributed by atoms with van der Waals surface area (Å²) in [6.45, 7) is 17.2. The number of hydrogen-bond donors (Lipinski definition) is 3.